The molecule has 0 spiro atoms. The Morgan fingerprint density at radius 1 is 1.12 bits per heavy atom. The molecule has 0 bridgehead atoms. The highest BCUT2D eigenvalue weighted by Crippen LogP contribution is 2.33. The Morgan fingerprint density at radius 2 is 1.88 bits per heavy atom. The largest absolute Gasteiger partial charge is 0.466 e. The summed E-state index contributed by atoms with van der Waals surface area (Å²) in [5.41, 5.74) is 0. The van der Waals surface area contributed by atoms with Gasteiger partial charge in [0.1, 0.15) is 0 Å². The van der Waals surface area contributed by atoms with E-state index in [0.717, 1.165) is 38.2 Å². The molecular formula is C21H37NO4. The minimum absolute atomic E-state index is 0.122. The zero-order valence-electron chi connectivity index (χ0n) is 16.7. The summed E-state index contributed by atoms with van der Waals surface area (Å²) in [5.74, 6) is 0.918. The Kier molecular flexibility index (Phi) is 9.44. The topological polar surface area (TPSA) is 55.8 Å². The van der Waals surface area contributed by atoms with Crippen LogP contribution in [-0.2, 0) is 19.1 Å². The number of carbonyl (C=O) groups is 2. The molecule has 1 heterocycles. The van der Waals surface area contributed by atoms with E-state index in [0.29, 0.717) is 19.7 Å². The highest BCUT2D eigenvalue weighted by Gasteiger charge is 2.31. The normalized spacial score (nSPS) is 25.8. The van der Waals surface area contributed by atoms with Crippen molar-refractivity contribution in [2.45, 2.75) is 84.2 Å². The molecule has 0 N–H and O–H groups in total. The standard InChI is InChI=1S/C21H37NO4/c1-3-5-7-17-9-11-18(12-10-17)21(24)22(14-13-20(23)25-4-2)16-19-8-6-15-26-19/h17-19H,3-16H2,1-2H3. The molecule has 1 atom stereocenters. The number of carbonyl (C=O) groups excluding carboxylic acids is 2. The number of esters is 1. The molecule has 0 aromatic carbocycles. The van der Waals surface area contributed by atoms with Gasteiger partial charge < -0.3 is 14.4 Å². The van der Waals surface area contributed by atoms with E-state index in [9.17, 15) is 9.59 Å². The molecule has 1 aliphatic heterocycles. The Hall–Kier alpha value is -1.10. The van der Waals surface area contributed by atoms with Crippen molar-refractivity contribution < 1.29 is 19.1 Å². The van der Waals surface area contributed by atoms with Crippen molar-refractivity contribution in [2.24, 2.45) is 11.8 Å². The van der Waals surface area contributed by atoms with E-state index >= 15 is 0 Å². The molecule has 5 nitrogen and oxygen atoms in total. The Labute approximate surface area is 158 Å². The van der Waals surface area contributed by atoms with E-state index in [4.69, 9.17) is 9.47 Å². The van der Waals surface area contributed by atoms with Crippen LogP contribution in [-0.4, -0.2) is 49.2 Å². The van der Waals surface area contributed by atoms with Crippen LogP contribution >= 0.6 is 0 Å². The number of ether oxygens (including phenoxy) is 2. The number of nitrogens with zero attached hydrogens (tertiary/aromatic N) is 1. The quantitative estimate of drug-likeness (QED) is 0.549. The third-order valence-electron chi connectivity index (χ3n) is 5.81. The van der Waals surface area contributed by atoms with Crippen LogP contribution in [0.3, 0.4) is 0 Å². The van der Waals surface area contributed by atoms with E-state index in [-0.39, 0.29) is 30.3 Å². The van der Waals surface area contributed by atoms with Crippen LogP contribution in [0.4, 0.5) is 0 Å². The summed E-state index contributed by atoms with van der Waals surface area (Å²) in [4.78, 5) is 26.7. The molecule has 0 aromatic heterocycles. The molecule has 2 fully saturated rings. The van der Waals surface area contributed by atoms with E-state index < -0.39 is 0 Å². The molecule has 1 aliphatic carbocycles. The number of hydrogen-bond acceptors (Lipinski definition) is 4. The SMILES string of the molecule is CCCCC1CCC(C(=O)N(CCC(=O)OCC)CC2CCCO2)CC1. The van der Waals surface area contributed by atoms with Crippen molar-refractivity contribution in [3.63, 3.8) is 0 Å². The smallest absolute Gasteiger partial charge is 0.307 e. The van der Waals surface area contributed by atoms with Gasteiger partial charge in [-0.1, -0.05) is 26.2 Å². The minimum Gasteiger partial charge on any atom is -0.466 e. The fraction of sp³-hybridized carbons (Fsp3) is 0.905. The second-order valence-electron chi connectivity index (χ2n) is 7.83. The maximum atomic E-state index is 13.1. The van der Waals surface area contributed by atoms with Crippen molar-refractivity contribution in [1.29, 1.82) is 0 Å². The average molecular weight is 368 g/mol. The lowest BCUT2D eigenvalue weighted by molar-refractivity contribution is -0.145. The molecule has 2 rings (SSSR count). The first-order valence-electron chi connectivity index (χ1n) is 10.7. The van der Waals surface area contributed by atoms with Crippen LogP contribution in [0.2, 0.25) is 0 Å². The maximum absolute atomic E-state index is 13.1. The van der Waals surface area contributed by atoms with Crippen LogP contribution in [0.5, 0.6) is 0 Å². The van der Waals surface area contributed by atoms with Gasteiger partial charge in [0.15, 0.2) is 0 Å². The fourth-order valence-corrected chi connectivity index (χ4v) is 4.23. The number of rotatable bonds is 10. The number of hydrogen-bond donors (Lipinski definition) is 0. The third-order valence-corrected chi connectivity index (χ3v) is 5.81. The molecule has 1 saturated heterocycles. The van der Waals surface area contributed by atoms with E-state index in [1.54, 1.807) is 0 Å². The molecule has 1 unspecified atom stereocenters. The van der Waals surface area contributed by atoms with Crippen molar-refractivity contribution in [1.82, 2.24) is 4.90 Å². The molecule has 1 amide bonds. The van der Waals surface area contributed by atoms with Crippen LogP contribution in [0.1, 0.15) is 78.1 Å². The molecule has 1 saturated carbocycles. The van der Waals surface area contributed by atoms with E-state index in [2.05, 4.69) is 6.92 Å². The van der Waals surface area contributed by atoms with Crippen LogP contribution in [0.25, 0.3) is 0 Å². The van der Waals surface area contributed by atoms with Gasteiger partial charge >= 0.3 is 5.97 Å². The number of unbranched alkanes of at least 4 members (excludes halogenated alkanes) is 1. The summed E-state index contributed by atoms with van der Waals surface area (Å²) in [6.45, 7) is 6.29. The van der Waals surface area contributed by atoms with Crippen LogP contribution in [0.15, 0.2) is 0 Å². The molecule has 2 aliphatic rings. The average Bonchev–Trinajstić information content (AvgIpc) is 3.16. The van der Waals surface area contributed by atoms with E-state index in [1.807, 2.05) is 11.8 Å². The molecule has 26 heavy (non-hydrogen) atoms. The summed E-state index contributed by atoms with van der Waals surface area (Å²) in [6, 6.07) is 0. The van der Waals surface area contributed by atoms with Gasteiger partial charge in [0, 0.05) is 25.6 Å². The second kappa shape index (κ2) is 11.6. The van der Waals surface area contributed by atoms with Gasteiger partial charge in [-0.25, -0.2) is 0 Å². The van der Waals surface area contributed by atoms with Gasteiger partial charge in [-0.15, -0.1) is 0 Å². The Morgan fingerprint density at radius 3 is 2.50 bits per heavy atom. The first-order valence-corrected chi connectivity index (χ1v) is 10.7. The molecule has 5 heteroatoms. The highest BCUT2D eigenvalue weighted by molar-refractivity contribution is 5.79. The van der Waals surface area contributed by atoms with Gasteiger partial charge in [-0.3, -0.25) is 9.59 Å². The lowest BCUT2D eigenvalue weighted by Crippen LogP contribution is -2.43. The van der Waals surface area contributed by atoms with Gasteiger partial charge in [0.05, 0.1) is 19.1 Å². The summed E-state index contributed by atoms with van der Waals surface area (Å²) in [6.07, 6.45) is 10.7. The Bertz CT molecular complexity index is 426. The van der Waals surface area contributed by atoms with Crippen molar-refractivity contribution in [3.05, 3.63) is 0 Å². The van der Waals surface area contributed by atoms with Crippen molar-refractivity contribution in [3.8, 4) is 0 Å². The van der Waals surface area contributed by atoms with Gasteiger partial charge in [-0.05, 0) is 51.4 Å². The molecular weight excluding hydrogens is 330 g/mol. The second-order valence-corrected chi connectivity index (χ2v) is 7.83. The predicted octanol–water partition coefficient (Wildman–Crippen LogP) is 3.94. The monoisotopic (exact) mass is 367 g/mol. The van der Waals surface area contributed by atoms with Crippen LogP contribution in [0, 0.1) is 11.8 Å². The molecule has 0 radical (unpaired) electrons. The lowest BCUT2D eigenvalue weighted by atomic mass is 9.79. The summed E-state index contributed by atoms with van der Waals surface area (Å²) in [5, 5.41) is 0. The maximum Gasteiger partial charge on any atom is 0.307 e. The third kappa shape index (κ3) is 6.90. The first kappa shape index (κ1) is 21.2. The van der Waals surface area contributed by atoms with Crippen molar-refractivity contribution in [2.75, 3.05) is 26.3 Å². The highest BCUT2D eigenvalue weighted by atomic mass is 16.5. The van der Waals surface area contributed by atoms with Crippen molar-refractivity contribution >= 4 is 11.9 Å². The summed E-state index contributed by atoms with van der Waals surface area (Å²) < 4.78 is 10.8. The predicted molar refractivity (Wildman–Crippen MR) is 102 cm³/mol. The van der Waals surface area contributed by atoms with Crippen LogP contribution < -0.4 is 0 Å². The summed E-state index contributed by atoms with van der Waals surface area (Å²) >= 11 is 0. The zero-order chi connectivity index (χ0) is 18.8. The molecule has 0 aromatic rings. The zero-order valence-corrected chi connectivity index (χ0v) is 16.7. The van der Waals surface area contributed by atoms with E-state index in [1.165, 1.54) is 32.1 Å². The Balaban J connectivity index is 1.86. The van der Waals surface area contributed by atoms with Gasteiger partial charge in [-0.2, -0.15) is 0 Å². The van der Waals surface area contributed by atoms with Gasteiger partial charge in [0.2, 0.25) is 5.91 Å². The summed E-state index contributed by atoms with van der Waals surface area (Å²) in [7, 11) is 0. The lowest BCUT2D eigenvalue weighted by Gasteiger charge is -2.33. The fourth-order valence-electron chi connectivity index (χ4n) is 4.23. The molecule has 150 valence electrons. The van der Waals surface area contributed by atoms with Gasteiger partial charge in [0.25, 0.3) is 0 Å². The first-order chi connectivity index (χ1) is 12.6. The number of amides is 1. The minimum atomic E-state index is -0.221.